The van der Waals surface area contributed by atoms with Crippen molar-refractivity contribution in [1.29, 1.82) is 0 Å². The lowest BCUT2D eigenvalue weighted by Crippen LogP contribution is -2.58. The van der Waals surface area contributed by atoms with Crippen LogP contribution < -0.4 is 10.6 Å². The van der Waals surface area contributed by atoms with Gasteiger partial charge in [0.1, 0.15) is 11.3 Å². The fourth-order valence-corrected chi connectivity index (χ4v) is 3.16. The molecule has 2 atom stereocenters. The molecule has 0 fully saturated rings. The molecule has 3 aromatic rings. The van der Waals surface area contributed by atoms with Gasteiger partial charge in [0.05, 0.1) is 12.2 Å². The van der Waals surface area contributed by atoms with Gasteiger partial charge in [-0.2, -0.15) is 0 Å². The predicted molar refractivity (Wildman–Crippen MR) is 115 cm³/mol. The van der Waals surface area contributed by atoms with Gasteiger partial charge in [-0.3, -0.25) is 14.6 Å². The quantitative estimate of drug-likeness (QED) is 0.564. The van der Waals surface area contributed by atoms with Gasteiger partial charge in [0, 0.05) is 17.7 Å². The van der Waals surface area contributed by atoms with Gasteiger partial charge in [-0.25, -0.2) is 0 Å². The number of rotatable bonds is 7. The second-order valence-electron chi connectivity index (χ2n) is 7.44. The first-order chi connectivity index (χ1) is 14.4. The van der Waals surface area contributed by atoms with Crippen molar-refractivity contribution in [2.45, 2.75) is 31.8 Å². The van der Waals surface area contributed by atoms with Crippen molar-refractivity contribution in [1.82, 2.24) is 15.6 Å². The van der Waals surface area contributed by atoms with Crippen molar-refractivity contribution < 1.29 is 14.7 Å². The number of benzene rings is 2. The van der Waals surface area contributed by atoms with Crippen molar-refractivity contribution in [3.05, 3.63) is 95.8 Å². The molecule has 2 amide bonds. The van der Waals surface area contributed by atoms with Gasteiger partial charge in [-0.15, -0.1) is 0 Å². The summed E-state index contributed by atoms with van der Waals surface area (Å²) >= 11 is 0. The molecule has 1 heterocycles. The second-order valence-corrected chi connectivity index (χ2v) is 7.44. The molecule has 154 valence electrons. The maximum absolute atomic E-state index is 13.3. The first kappa shape index (κ1) is 21.0. The molecular formula is C24H25N3O3. The Morgan fingerprint density at radius 2 is 1.63 bits per heavy atom. The molecule has 1 aromatic heterocycles. The van der Waals surface area contributed by atoms with E-state index in [9.17, 15) is 14.7 Å². The van der Waals surface area contributed by atoms with E-state index in [1.54, 1.807) is 37.3 Å². The molecule has 0 aliphatic carbocycles. The number of aromatic nitrogens is 1. The Balaban J connectivity index is 1.84. The lowest BCUT2D eigenvalue weighted by Gasteiger charge is -2.31. The molecular weight excluding hydrogens is 378 g/mol. The van der Waals surface area contributed by atoms with E-state index in [-0.39, 0.29) is 30.0 Å². The van der Waals surface area contributed by atoms with E-state index in [1.807, 2.05) is 43.3 Å². The SMILES string of the molecule is C[C@H](NC(=O)C(C)(Cc1ccc(O)cn1)NC(=O)c1ccccc1)c1ccccc1. The summed E-state index contributed by atoms with van der Waals surface area (Å²) in [7, 11) is 0. The number of nitrogens with one attached hydrogen (secondary N) is 2. The number of pyridine rings is 1. The molecule has 0 aliphatic rings. The van der Waals surface area contributed by atoms with E-state index in [0.717, 1.165) is 5.56 Å². The third-order valence-corrected chi connectivity index (χ3v) is 4.92. The number of aromatic hydroxyl groups is 1. The smallest absolute Gasteiger partial charge is 0.252 e. The highest BCUT2D eigenvalue weighted by atomic mass is 16.3. The molecule has 0 bridgehead atoms. The van der Waals surface area contributed by atoms with Gasteiger partial charge in [0.25, 0.3) is 5.91 Å². The lowest BCUT2D eigenvalue weighted by atomic mass is 9.92. The molecule has 3 rings (SSSR count). The van der Waals surface area contributed by atoms with Crippen molar-refractivity contribution in [3.8, 4) is 5.75 Å². The molecule has 0 aliphatic heterocycles. The summed E-state index contributed by atoms with van der Waals surface area (Å²) in [5.74, 6) is -0.631. The van der Waals surface area contributed by atoms with Crippen LogP contribution in [0, 0.1) is 0 Å². The van der Waals surface area contributed by atoms with Crippen molar-refractivity contribution in [2.75, 3.05) is 0 Å². The monoisotopic (exact) mass is 403 g/mol. The normalized spacial score (nSPS) is 13.7. The number of carbonyl (C=O) groups is 2. The van der Waals surface area contributed by atoms with Crippen molar-refractivity contribution in [2.24, 2.45) is 0 Å². The summed E-state index contributed by atoms with van der Waals surface area (Å²) in [6, 6.07) is 21.3. The van der Waals surface area contributed by atoms with E-state index < -0.39 is 5.54 Å². The van der Waals surface area contributed by atoms with Crippen LogP contribution in [0.5, 0.6) is 5.75 Å². The average Bonchev–Trinajstić information content (AvgIpc) is 2.76. The van der Waals surface area contributed by atoms with Gasteiger partial charge >= 0.3 is 0 Å². The first-order valence-electron chi connectivity index (χ1n) is 9.75. The van der Waals surface area contributed by atoms with Crippen LogP contribution in [0.25, 0.3) is 0 Å². The van der Waals surface area contributed by atoms with E-state index in [4.69, 9.17) is 0 Å². The highest BCUT2D eigenvalue weighted by Crippen LogP contribution is 2.19. The third kappa shape index (κ3) is 5.23. The molecule has 1 unspecified atom stereocenters. The minimum atomic E-state index is -1.25. The lowest BCUT2D eigenvalue weighted by molar-refractivity contribution is -0.127. The molecule has 0 saturated carbocycles. The number of nitrogens with zero attached hydrogens (tertiary/aromatic N) is 1. The Hall–Kier alpha value is -3.67. The Kier molecular flexibility index (Phi) is 6.47. The van der Waals surface area contributed by atoms with Crippen molar-refractivity contribution >= 4 is 11.8 Å². The summed E-state index contributed by atoms with van der Waals surface area (Å²) in [5, 5.41) is 15.4. The van der Waals surface area contributed by atoms with Gasteiger partial charge in [0.2, 0.25) is 5.91 Å². The van der Waals surface area contributed by atoms with Crippen LogP contribution in [0.2, 0.25) is 0 Å². The van der Waals surface area contributed by atoms with Gasteiger partial charge in [-0.1, -0.05) is 48.5 Å². The van der Waals surface area contributed by atoms with Crippen molar-refractivity contribution in [3.63, 3.8) is 0 Å². The van der Waals surface area contributed by atoms with E-state index in [0.29, 0.717) is 11.3 Å². The Morgan fingerprint density at radius 1 is 1.00 bits per heavy atom. The molecule has 0 saturated heterocycles. The molecule has 2 aromatic carbocycles. The third-order valence-electron chi connectivity index (χ3n) is 4.92. The van der Waals surface area contributed by atoms with Gasteiger partial charge in [-0.05, 0) is 43.7 Å². The van der Waals surface area contributed by atoms with Crippen LogP contribution in [-0.2, 0) is 11.2 Å². The highest BCUT2D eigenvalue weighted by molar-refractivity contribution is 5.99. The zero-order valence-corrected chi connectivity index (χ0v) is 17.0. The Morgan fingerprint density at radius 3 is 2.23 bits per heavy atom. The summed E-state index contributed by atoms with van der Waals surface area (Å²) in [6.45, 7) is 3.57. The van der Waals surface area contributed by atoms with Gasteiger partial charge in [0.15, 0.2) is 0 Å². The fourth-order valence-electron chi connectivity index (χ4n) is 3.16. The molecule has 30 heavy (non-hydrogen) atoms. The highest BCUT2D eigenvalue weighted by Gasteiger charge is 2.36. The zero-order valence-electron chi connectivity index (χ0n) is 17.0. The van der Waals surface area contributed by atoms with E-state index in [2.05, 4.69) is 15.6 Å². The predicted octanol–water partition coefficient (Wildman–Crippen LogP) is 3.40. The largest absolute Gasteiger partial charge is 0.506 e. The fraction of sp³-hybridized carbons (Fsp3) is 0.208. The zero-order chi connectivity index (χ0) is 21.6. The maximum atomic E-state index is 13.3. The maximum Gasteiger partial charge on any atom is 0.252 e. The average molecular weight is 403 g/mol. The molecule has 0 spiro atoms. The van der Waals surface area contributed by atoms with Crippen LogP contribution in [0.3, 0.4) is 0 Å². The summed E-state index contributed by atoms with van der Waals surface area (Å²) in [6.07, 6.45) is 1.48. The number of hydrogen-bond donors (Lipinski definition) is 3. The minimum absolute atomic E-state index is 0.0379. The Labute approximate surface area is 176 Å². The molecule has 3 N–H and O–H groups in total. The summed E-state index contributed by atoms with van der Waals surface area (Å²) in [4.78, 5) is 30.3. The number of hydrogen-bond acceptors (Lipinski definition) is 4. The van der Waals surface area contributed by atoms with Crippen LogP contribution in [0.15, 0.2) is 79.0 Å². The van der Waals surface area contributed by atoms with Crippen LogP contribution in [0.1, 0.15) is 41.5 Å². The number of carbonyl (C=O) groups excluding carboxylic acids is 2. The topological polar surface area (TPSA) is 91.3 Å². The van der Waals surface area contributed by atoms with Crippen LogP contribution in [0.4, 0.5) is 0 Å². The Bertz CT molecular complexity index is 991. The van der Waals surface area contributed by atoms with Crippen LogP contribution >= 0.6 is 0 Å². The van der Waals surface area contributed by atoms with Crippen LogP contribution in [-0.4, -0.2) is 27.4 Å². The summed E-state index contributed by atoms with van der Waals surface area (Å²) < 4.78 is 0. The second kappa shape index (κ2) is 9.22. The standard InChI is InChI=1S/C24H25N3O3/c1-17(18-9-5-3-6-10-18)26-23(30)24(2,15-20-13-14-21(28)16-25-20)27-22(29)19-11-7-4-8-12-19/h3-14,16-17,28H,15H2,1-2H3,(H,26,30)(H,27,29)/t17-,24?/m0/s1. The van der Waals surface area contributed by atoms with E-state index in [1.165, 1.54) is 12.3 Å². The molecule has 0 radical (unpaired) electrons. The van der Waals surface area contributed by atoms with E-state index >= 15 is 0 Å². The first-order valence-corrected chi connectivity index (χ1v) is 9.75. The molecule has 6 heteroatoms. The summed E-state index contributed by atoms with van der Waals surface area (Å²) in [5.41, 5.74) is 0.753. The molecule has 6 nitrogen and oxygen atoms in total. The minimum Gasteiger partial charge on any atom is -0.506 e. The van der Waals surface area contributed by atoms with Gasteiger partial charge < -0.3 is 15.7 Å². The number of amides is 2.